The maximum atomic E-state index is 12.2. The smallest absolute Gasteiger partial charge is 0.326 e. The Kier molecular flexibility index (Phi) is 5.56. The number of aromatic amines is 1. The van der Waals surface area contributed by atoms with Crippen LogP contribution < -0.4 is 10.1 Å². The van der Waals surface area contributed by atoms with Crippen LogP contribution in [0.3, 0.4) is 0 Å². The van der Waals surface area contributed by atoms with Gasteiger partial charge < -0.3 is 20.1 Å². The zero-order chi connectivity index (χ0) is 19.2. The monoisotopic (exact) mass is 364 g/mol. The highest BCUT2D eigenvalue weighted by atomic mass is 16.5. The molecule has 0 aliphatic heterocycles. The fraction of sp³-hybridized carbons (Fsp3) is 0.143. The molecule has 1 atom stereocenters. The fourth-order valence-electron chi connectivity index (χ4n) is 2.91. The summed E-state index contributed by atoms with van der Waals surface area (Å²) in [5.41, 5.74) is 2.50. The molecular formula is C21H20N2O4. The van der Waals surface area contributed by atoms with Gasteiger partial charge in [0.25, 0.3) is 0 Å². The first-order chi connectivity index (χ1) is 13.1. The number of para-hydroxylation sites is 2. The van der Waals surface area contributed by atoms with Crippen LogP contribution in [-0.2, 0) is 16.0 Å². The normalized spacial score (nSPS) is 12.2. The molecule has 0 aliphatic rings. The van der Waals surface area contributed by atoms with Crippen molar-refractivity contribution < 1.29 is 19.4 Å². The van der Waals surface area contributed by atoms with Gasteiger partial charge in [-0.2, -0.15) is 0 Å². The number of rotatable bonds is 7. The Bertz CT molecular complexity index is 991. The van der Waals surface area contributed by atoms with Crippen molar-refractivity contribution in [2.24, 2.45) is 0 Å². The largest absolute Gasteiger partial charge is 0.496 e. The Balaban J connectivity index is 1.71. The predicted molar refractivity (Wildman–Crippen MR) is 104 cm³/mol. The van der Waals surface area contributed by atoms with Crippen LogP contribution in [0.4, 0.5) is 0 Å². The van der Waals surface area contributed by atoms with E-state index in [0.717, 1.165) is 22.0 Å². The van der Waals surface area contributed by atoms with Crippen molar-refractivity contribution >= 4 is 28.9 Å². The number of amides is 1. The van der Waals surface area contributed by atoms with E-state index in [1.807, 2.05) is 42.5 Å². The van der Waals surface area contributed by atoms with E-state index < -0.39 is 17.9 Å². The number of ether oxygens (including phenoxy) is 1. The lowest BCUT2D eigenvalue weighted by Crippen LogP contribution is -2.41. The molecule has 2 aromatic carbocycles. The van der Waals surface area contributed by atoms with Gasteiger partial charge in [0, 0.05) is 35.2 Å². The number of carboxylic acid groups (broad SMARTS) is 1. The zero-order valence-electron chi connectivity index (χ0n) is 14.8. The lowest BCUT2D eigenvalue weighted by molar-refractivity contribution is -0.141. The Hall–Kier alpha value is -3.54. The molecular weight excluding hydrogens is 344 g/mol. The van der Waals surface area contributed by atoms with Crippen molar-refractivity contribution in [3.05, 3.63) is 71.9 Å². The van der Waals surface area contributed by atoms with E-state index in [4.69, 9.17) is 4.74 Å². The second-order valence-electron chi connectivity index (χ2n) is 6.04. The molecule has 0 spiro atoms. The quantitative estimate of drug-likeness (QED) is 0.562. The Labute approximate surface area is 156 Å². The Morgan fingerprint density at radius 2 is 1.93 bits per heavy atom. The van der Waals surface area contributed by atoms with Gasteiger partial charge >= 0.3 is 5.97 Å². The van der Waals surface area contributed by atoms with Crippen LogP contribution in [0, 0.1) is 0 Å². The molecule has 27 heavy (non-hydrogen) atoms. The van der Waals surface area contributed by atoms with Gasteiger partial charge in [0.15, 0.2) is 0 Å². The summed E-state index contributed by atoms with van der Waals surface area (Å²) in [4.78, 5) is 26.9. The second kappa shape index (κ2) is 8.23. The van der Waals surface area contributed by atoms with Crippen LogP contribution in [-0.4, -0.2) is 35.1 Å². The number of carbonyl (C=O) groups excluding carboxylic acids is 1. The SMILES string of the molecule is COc1ccccc1C=CC(=O)N[C@@H](Cc1c[nH]c2ccccc12)C(=O)O. The molecule has 1 heterocycles. The molecule has 0 unspecified atom stereocenters. The van der Waals surface area contributed by atoms with E-state index in [1.54, 1.807) is 25.4 Å². The highest BCUT2D eigenvalue weighted by Gasteiger charge is 2.21. The van der Waals surface area contributed by atoms with Crippen molar-refractivity contribution in [1.82, 2.24) is 10.3 Å². The lowest BCUT2D eigenvalue weighted by Gasteiger charge is -2.13. The highest BCUT2D eigenvalue weighted by Crippen LogP contribution is 2.20. The van der Waals surface area contributed by atoms with Crippen molar-refractivity contribution in [1.29, 1.82) is 0 Å². The summed E-state index contributed by atoms with van der Waals surface area (Å²) in [5.74, 6) is -0.928. The summed E-state index contributed by atoms with van der Waals surface area (Å²) >= 11 is 0. The molecule has 3 rings (SSSR count). The third-order valence-electron chi connectivity index (χ3n) is 4.27. The van der Waals surface area contributed by atoms with Crippen LogP contribution >= 0.6 is 0 Å². The Morgan fingerprint density at radius 3 is 2.70 bits per heavy atom. The topological polar surface area (TPSA) is 91.4 Å². The molecule has 6 nitrogen and oxygen atoms in total. The average molecular weight is 364 g/mol. The number of aromatic nitrogens is 1. The molecule has 3 aromatic rings. The minimum atomic E-state index is -1.08. The van der Waals surface area contributed by atoms with Crippen molar-refractivity contribution in [2.45, 2.75) is 12.5 Å². The van der Waals surface area contributed by atoms with Crippen molar-refractivity contribution in [3.8, 4) is 5.75 Å². The number of H-pyrrole nitrogens is 1. The van der Waals surface area contributed by atoms with Gasteiger partial charge in [-0.15, -0.1) is 0 Å². The zero-order valence-corrected chi connectivity index (χ0v) is 14.8. The second-order valence-corrected chi connectivity index (χ2v) is 6.04. The minimum absolute atomic E-state index is 0.188. The maximum Gasteiger partial charge on any atom is 0.326 e. The van der Waals surface area contributed by atoms with Gasteiger partial charge in [0.2, 0.25) is 5.91 Å². The maximum absolute atomic E-state index is 12.2. The molecule has 0 fully saturated rings. The van der Waals surface area contributed by atoms with E-state index in [1.165, 1.54) is 6.08 Å². The third kappa shape index (κ3) is 4.36. The van der Waals surface area contributed by atoms with Gasteiger partial charge in [0.1, 0.15) is 11.8 Å². The van der Waals surface area contributed by atoms with E-state index >= 15 is 0 Å². The van der Waals surface area contributed by atoms with Gasteiger partial charge in [0.05, 0.1) is 7.11 Å². The number of benzene rings is 2. The van der Waals surface area contributed by atoms with Crippen LogP contribution in [0.15, 0.2) is 60.8 Å². The molecule has 0 saturated carbocycles. The number of hydrogen-bond acceptors (Lipinski definition) is 3. The molecule has 3 N–H and O–H groups in total. The molecule has 0 radical (unpaired) electrons. The summed E-state index contributed by atoms with van der Waals surface area (Å²) in [6, 6.07) is 13.9. The first-order valence-corrected chi connectivity index (χ1v) is 8.48. The van der Waals surface area contributed by atoms with Gasteiger partial charge in [-0.3, -0.25) is 4.79 Å². The molecule has 1 amide bonds. The summed E-state index contributed by atoms with van der Waals surface area (Å²) in [5, 5.41) is 13.0. The molecule has 138 valence electrons. The Morgan fingerprint density at radius 1 is 1.19 bits per heavy atom. The van der Waals surface area contributed by atoms with Crippen LogP contribution in [0.1, 0.15) is 11.1 Å². The summed E-state index contributed by atoms with van der Waals surface area (Å²) in [6.45, 7) is 0. The summed E-state index contributed by atoms with van der Waals surface area (Å²) in [7, 11) is 1.55. The number of carbonyl (C=O) groups is 2. The average Bonchev–Trinajstić information content (AvgIpc) is 3.09. The van der Waals surface area contributed by atoms with Crippen molar-refractivity contribution in [3.63, 3.8) is 0 Å². The number of nitrogens with one attached hydrogen (secondary N) is 2. The standard InChI is InChI=1S/C21H20N2O4/c1-27-19-9-5-2-6-14(19)10-11-20(24)23-18(21(25)26)12-15-13-22-17-8-4-3-7-16(15)17/h2-11,13,18,22H,12H2,1H3,(H,23,24)(H,25,26)/t18-/m0/s1. The van der Waals surface area contributed by atoms with Crippen molar-refractivity contribution in [2.75, 3.05) is 7.11 Å². The van der Waals surface area contributed by atoms with Gasteiger partial charge in [-0.25, -0.2) is 4.79 Å². The predicted octanol–water partition coefficient (Wildman–Crippen LogP) is 3.00. The first kappa shape index (κ1) is 18.3. The number of aliphatic carboxylic acids is 1. The minimum Gasteiger partial charge on any atom is -0.496 e. The number of methoxy groups -OCH3 is 1. The lowest BCUT2D eigenvalue weighted by atomic mass is 10.0. The van der Waals surface area contributed by atoms with E-state index in [-0.39, 0.29) is 6.42 Å². The van der Waals surface area contributed by atoms with E-state index in [0.29, 0.717) is 5.75 Å². The number of fused-ring (bicyclic) bond motifs is 1. The molecule has 6 heteroatoms. The number of hydrogen-bond donors (Lipinski definition) is 3. The van der Waals surface area contributed by atoms with Gasteiger partial charge in [-0.05, 0) is 23.8 Å². The molecule has 1 aromatic heterocycles. The fourth-order valence-corrected chi connectivity index (χ4v) is 2.91. The van der Waals surface area contributed by atoms with Crippen LogP contribution in [0.25, 0.3) is 17.0 Å². The summed E-state index contributed by atoms with van der Waals surface area (Å²) < 4.78 is 5.23. The van der Waals surface area contributed by atoms with Crippen LogP contribution in [0.5, 0.6) is 5.75 Å². The van der Waals surface area contributed by atoms with Gasteiger partial charge in [-0.1, -0.05) is 36.4 Å². The van der Waals surface area contributed by atoms with E-state index in [2.05, 4.69) is 10.3 Å². The highest BCUT2D eigenvalue weighted by molar-refractivity contribution is 5.95. The third-order valence-corrected chi connectivity index (χ3v) is 4.27. The van der Waals surface area contributed by atoms with E-state index in [9.17, 15) is 14.7 Å². The molecule has 0 saturated heterocycles. The summed E-state index contributed by atoms with van der Waals surface area (Å²) in [6.07, 6.45) is 4.87. The molecule has 0 aliphatic carbocycles. The first-order valence-electron chi connectivity index (χ1n) is 8.48. The molecule has 0 bridgehead atoms. The van der Waals surface area contributed by atoms with Crippen LogP contribution in [0.2, 0.25) is 0 Å². The number of carboxylic acids is 1.